The Bertz CT molecular complexity index is 1190. The largest absolute Gasteiger partial charge is 0.493 e. The number of piperidine rings is 1. The first-order valence-corrected chi connectivity index (χ1v) is 13.2. The van der Waals surface area contributed by atoms with E-state index in [1.165, 1.54) is 6.92 Å². The fourth-order valence-corrected chi connectivity index (χ4v) is 4.73. The lowest BCUT2D eigenvalue weighted by molar-refractivity contribution is -0.138. The molecule has 11 heteroatoms. The number of amides is 3. The maximum Gasteiger partial charge on any atom is 0.290 e. The van der Waals surface area contributed by atoms with Gasteiger partial charge in [-0.15, -0.1) is 0 Å². The van der Waals surface area contributed by atoms with Crippen molar-refractivity contribution in [3.63, 3.8) is 0 Å². The average molecular weight is 556 g/mol. The predicted octanol–water partition coefficient (Wildman–Crippen LogP) is 2.61. The topological polar surface area (TPSA) is 135 Å². The van der Waals surface area contributed by atoms with Crippen LogP contribution in [0.3, 0.4) is 0 Å². The van der Waals surface area contributed by atoms with E-state index < -0.39 is 0 Å². The molecule has 3 amide bonds. The molecule has 40 heavy (non-hydrogen) atoms. The molecule has 1 fully saturated rings. The fourth-order valence-electron chi connectivity index (χ4n) is 4.73. The van der Waals surface area contributed by atoms with Gasteiger partial charge in [-0.05, 0) is 55.2 Å². The van der Waals surface area contributed by atoms with Crippen LogP contribution in [0.2, 0.25) is 0 Å². The maximum atomic E-state index is 12.9. The molecule has 2 heterocycles. The smallest absolute Gasteiger partial charge is 0.290 e. The van der Waals surface area contributed by atoms with Gasteiger partial charge in [0.05, 0.1) is 32.4 Å². The molecule has 2 aliphatic rings. The number of likely N-dealkylation sites (N-methyl/N-ethyl adjacent to an activating group) is 1. The molecule has 2 atom stereocenters. The molecule has 1 saturated heterocycles. The van der Waals surface area contributed by atoms with E-state index in [2.05, 4.69) is 5.32 Å². The molecular formula is C29H37N3O8. The van der Waals surface area contributed by atoms with Crippen LogP contribution in [0.1, 0.15) is 37.8 Å². The van der Waals surface area contributed by atoms with Gasteiger partial charge in [-0.1, -0.05) is 18.2 Å². The zero-order valence-corrected chi connectivity index (χ0v) is 23.1. The van der Waals surface area contributed by atoms with Crippen LogP contribution in [0.25, 0.3) is 0 Å². The van der Waals surface area contributed by atoms with Crippen LogP contribution in [-0.4, -0.2) is 84.5 Å². The lowest BCUT2D eigenvalue weighted by atomic mass is 10.0. The van der Waals surface area contributed by atoms with E-state index in [1.54, 1.807) is 16.9 Å². The number of hydrogen-bond acceptors (Lipinski definition) is 7. The third-order valence-corrected chi connectivity index (χ3v) is 6.87. The molecular weight excluding hydrogens is 518 g/mol. The first-order chi connectivity index (χ1) is 19.3. The number of ether oxygens (including phenoxy) is 3. The maximum absolute atomic E-state index is 12.9. The van der Waals surface area contributed by atoms with Crippen molar-refractivity contribution in [1.29, 1.82) is 0 Å². The second-order valence-corrected chi connectivity index (χ2v) is 9.53. The molecule has 0 aliphatic carbocycles. The van der Waals surface area contributed by atoms with Crippen molar-refractivity contribution in [3.05, 3.63) is 53.6 Å². The molecule has 0 unspecified atom stereocenters. The summed E-state index contributed by atoms with van der Waals surface area (Å²) in [7, 11) is 1.59. The number of nitrogens with one attached hydrogen (secondary N) is 1. The van der Waals surface area contributed by atoms with Crippen LogP contribution < -0.4 is 14.8 Å². The number of nitrogens with zero attached hydrogens (tertiary/aromatic N) is 2. The molecule has 0 spiro atoms. The number of methoxy groups -OCH3 is 1. The third-order valence-electron chi connectivity index (χ3n) is 6.87. The summed E-state index contributed by atoms with van der Waals surface area (Å²) in [6.07, 6.45) is 0.975. The second-order valence-electron chi connectivity index (χ2n) is 9.53. The van der Waals surface area contributed by atoms with Gasteiger partial charge in [0.2, 0.25) is 17.7 Å². The van der Waals surface area contributed by atoms with Crippen LogP contribution in [0.15, 0.2) is 42.5 Å². The van der Waals surface area contributed by atoms with E-state index in [0.29, 0.717) is 49.7 Å². The van der Waals surface area contributed by atoms with Crippen molar-refractivity contribution in [2.24, 2.45) is 0 Å². The Balaban J connectivity index is 0.00000141. The minimum Gasteiger partial charge on any atom is -0.493 e. The highest BCUT2D eigenvalue weighted by molar-refractivity contribution is 5.85. The zero-order chi connectivity index (χ0) is 29.1. The van der Waals surface area contributed by atoms with Crippen molar-refractivity contribution >= 4 is 24.2 Å². The minimum absolute atomic E-state index is 0.0198. The Labute approximate surface area is 234 Å². The van der Waals surface area contributed by atoms with E-state index in [0.717, 1.165) is 11.1 Å². The van der Waals surface area contributed by atoms with Gasteiger partial charge in [0.25, 0.3) is 6.47 Å². The fraction of sp³-hybridized carbons (Fsp3) is 0.448. The van der Waals surface area contributed by atoms with Crippen LogP contribution >= 0.6 is 0 Å². The summed E-state index contributed by atoms with van der Waals surface area (Å²) in [5.74, 6) is 1.43. The van der Waals surface area contributed by atoms with E-state index in [9.17, 15) is 14.4 Å². The first-order valence-electron chi connectivity index (χ1n) is 13.2. The summed E-state index contributed by atoms with van der Waals surface area (Å²) in [5.41, 5.74) is 1.84. The second kappa shape index (κ2) is 14.9. The SMILES string of the molecule is CCN1CC(=O)N[C@H]2CCN(C(C)=O)C[C@@H]2OCc2cccc(c2)Oc2cc(ccc2OC)CCC1=O.O=CO. The highest BCUT2D eigenvalue weighted by atomic mass is 16.5. The number of benzene rings is 2. The lowest BCUT2D eigenvalue weighted by Crippen LogP contribution is -2.57. The zero-order valence-electron chi connectivity index (χ0n) is 23.1. The van der Waals surface area contributed by atoms with Gasteiger partial charge in [0.1, 0.15) is 5.75 Å². The summed E-state index contributed by atoms with van der Waals surface area (Å²) in [6.45, 7) is 4.78. The quantitative estimate of drug-likeness (QED) is 0.540. The minimum atomic E-state index is -0.382. The van der Waals surface area contributed by atoms with E-state index in [4.69, 9.17) is 24.1 Å². The van der Waals surface area contributed by atoms with Gasteiger partial charge in [-0.2, -0.15) is 0 Å². The molecule has 216 valence electrons. The Kier molecular flexibility index (Phi) is 11.3. The monoisotopic (exact) mass is 555 g/mol. The number of carbonyl (C=O) groups is 4. The standard InChI is InChI=1S/C28H35N3O6.CH2O2/c1-4-30-17-27(33)29-23-12-13-31(19(2)32)16-26(23)36-18-21-6-5-7-22(14-21)37-25-15-20(9-11-28(30)34)8-10-24(25)35-3;2-1-3/h5-8,10,14-15,23,26H,4,9,11-13,16-18H2,1-3H3,(H,29,33);1H,(H,2,3)/t23-,26-;/m0./s1. The normalized spacial score (nSPS) is 19.9. The molecule has 4 rings (SSSR count). The molecule has 2 aromatic carbocycles. The molecule has 0 aromatic heterocycles. The Hall–Kier alpha value is -4.12. The molecule has 2 aromatic rings. The van der Waals surface area contributed by atoms with Gasteiger partial charge in [0.15, 0.2) is 11.5 Å². The number of rotatable bonds is 2. The Morgan fingerprint density at radius 1 is 1.18 bits per heavy atom. The number of carboxylic acid groups (broad SMARTS) is 1. The molecule has 11 nitrogen and oxygen atoms in total. The van der Waals surface area contributed by atoms with Gasteiger partial charge in [-0.3, -0.25) is 19.2 Å². The van der Waals surface area contributed by atoms with E-state index in [-0.39, 0.29) is 55.9 Å². The van der Waals surface area contributed by atoms with Gasteiger partial charge >= 0.3 is 0 Å². The van der Waals surface area contributed by atoms with Crippen molar-refractivity contribution in [1.82, 2.24) is 15.1 Å². The first kappa shape index (κ1) is 30.4. The number of likely N-dealkylation sites (tertiary alicyclic amines) is 1. The third kappa shape index (κ3) is 8.44. The van der Waals surface area contributed by atoms with Crippen molar-refractivity contribution in [3.8, 4) is 17.2 Å². The highest BCUT2D eigenvalue weighted by Crippen LogP contribution is 2.33. The van der Waals surface area contributed by atoms with Crippen LogP contribution in [-0.2, 0) is 36.9 Å². The van der Waals surface area contributed by atoms with Crippen molar-refractivity contribution < 1.29 is 38.5 Å². The molecule has 0 saturated carbocycles. The summed E-state index contributed by atoms with van der Waals surface area (Å²) in [4.78, 5) is 49.6. The van der Waals surface area contributed by atoms with Gasteiger partial charge < -0.3 is 34.4 Å². The lowest BCUT2D eigenvalue weighted by Gasteiger charge is -2.38. The summed E-state index contributed by atoms with van der Waals surface area (Å²) < 4.78 is 17.9. The van der Waals surface area contributed by atoms with E-state index in [1.807, 2.05) is 49.4 Å². The highest BCUT2D eigenvalue weighted by Gasteiger charge is 2.32. The Morgan fingerprint density at radius 2 is 1.95 bits per heavy atom. The number of hydrogen-bond donors (Lipinski definition) is 2. The van der Waals surface area contributed by atoms with E-state index >= 15 is 0 Å². The Morgan fingerprint density at radius 3 is 2.65 bits per heavy atom. The predicted molar refractivity (Wildman–Crippen MR) is 146 cm³/mol. The van der Waals surface area contributed by atoms with Gasteiger partial charge in [0, 0.05) is 33.0 Å². The molecule has 2 N–H and O–H groups in total. The van der Waals surface area contributed by atoms with Gasteiger partial charge in [-0.25, -0.2) is 0 Å². The summed E-state index contributed by atoms with van der Waals surface area (Å²) in [5, 5.41) is 9.95. The average Bonchev–Trinajstić information content (AvgIpc) is 2.94. The van der Waals surface area contributed by atoms with Crippen LogP contribution in [0.5, 0.6) is 17.2 Å². The number of aryl methyl sites for hydroxylation is 1. The summed E-state index contributed by atoms with van der Waals surface area (Å²) in [6, 6.07) is 13.0. The summed E-state index contributed by atoms with van der Waals surface area (Å²) >= 11 is 0. The number of carbonyl (C=O) groups excluding carboxylic acids is 3. The molecule has 4 bridgehead atoms. The van der Waals surface area contributed by atoms with Crippen LogP contribution in [0, 0.1) is 0 Å². The van der Waals surface area contributed by atoms with Crippen molar-refractivity contribution in [2.75, 3.05) is 33.3 Å². The number of fused-ring (bicyclic) bond motifs is 5. The molecule has 2 aliphatic heterocycles. The van der Waals surface area contributed by atoms with Crippen molar-refractivity contribution in [2.45, 2.75) is 51.9 Å². The molecule has 0 radical (unpaired) electrons. The van der Waals surface area contributed by atoms with Crippen LogP contribution in [0.4, 0.5) is 0 Å².